The Balaban J connectivity index is 1.34. The highest BCUT2D eigenvalue weighted by atomic mass is 16.1. The number of benzene rings is 2. The van der Waals surface area contributed by atoms with E-state index < -0.39 is 0 Å². The van der Waals surface area contributed by atoms with Crippen molar-refractivity contribution in [2.75, 3.05) is 6.54 Å². The number of aryl methyl sites for hydroxylation is 2. The molecule has 2 aromatic carbocycles. The van der Waals surface area contributed by atoms with E-state index in [4.69, 9.17) is 0 Å². The van der Waals surface area contributed by atoms with Crippen LogP contribution < -0.4 is 10.9 Å². The van der Waals surface area contributed by atoms with Crippen molar-refractivity contribution in [3.05, 3.63) is 76.3 Å². The molecular weight excluding hydrogens is 338 g/mol. The number of aromatic amines is 1. The van der Waals surface area contributed by atoms with Crippen LogP contribution in [0.4, 0.5) is 0 Å². The summed E-state index contributed by atoms with van der Waals surface area (Å²) in [6.07, 6.45) is 4.76. The molecule has 0 unspecified atom stereocenters. The lowest BCUT2D eigenvalue weighted by atomic mass is 10.1. The Morgan fingerprint density at radius 3 is 2.56 bits per heavy atom. The lowest BCUT2D eigenvalue weighted by Gasteiger charge is -2.06. The zero-order valence-electron chi connectivity index (χ0n) is 15.4. The van der Waals surface area contributed by atoms with Gasteiger partial charge in [0, 0.05) is 19.4 Å². The standard InChI is InChI=1S/C22H25N3O2/c26-21(23-16-7-6-11-17-9-2-1-3-10-17)15-8-14-20-24-19-13-5-4-12-18(19)22(27)25-20/h1-5,9-10,12-13H,6-8,11,14-16H2,(H,23,26)(H,24,25,27). The molecular formula is C22H25N3O2. The molecule has 0 aliphatic carbocycles. The third-order valence-electron chi connectivity index (χ3n) is 4.54. The number of nitrogens with one attached hydrogen (secondary N) is 2. The Morgan fingerprint density at radius 1 is 0.926 bits per heavy atom. The quantitative estimate of drug-likeness (QED) is 0.572. The van der Waals surface area contributed by atoms with Crippen LogP contribution in [0.3, 0.4) is 0 Å². The van der Waals surface area contributed by atoms with Gasteiger partial charge in [-0.2, -0.15) is 0 Å². The second-order valence-corrected chi connectivity index (χ2v) is 6.68. The average Bonchev–Trinajstić information content (AvgIpc) is 2.69. The van der Waals surface area contributed by atoms with Crippen LogP contribution >= 0.6 is 0 Å². The van der Waals surface area contributed by atoms with Gasteiger partial charge in [-0.25, -0.2) is 4.98 Å². The minimum Gasteiger partial charge on any atom is -0.356 e. The summed E-state index contributed by atoms with van der Waals surface area (Å²) in [5.41, 5.74) is 1.90. The van der Waals surface area contributed by atoms with Crippen LogP contribution in [0.2, 0.25) is 0 Å². The lowest BCUT2D eigenvalue weighted by molar-refractivity contribution is -0.121. The third-order valence-corrected chi connectivity index (χ3v) is 4.54. The Labute approximate surface area is 158 Å². The van der Waals surface area contributed by atoms with E-state index in [1.807, 2.05) is 24.3 Å². The van der Waals surface area contributed by atoms with Crippen molar-refractivity contribution in [2.24, 2.45) is 0 Å². The third kappa shape index (κ3) is 5.78. The van der Waals surface area contributed by atoms with E-state index in [1.165, 1.54) is 5.56 Å². The number of unbranched alkanes of at least 4 members (excludes halogenated alkanes) is 1. The number of fused-ring (bicyclic) bond motifs is 1. The molecule has 0 saturated carbocycles. The van der Waals surface area contributed by atoms with Gasteiger partial charge in [-0.15, -0.1) is 0 Å². The van der Waals surface area contributed by atoms with Crippen molar-refractivity contribution in [3.63, 3.8) is 0 Å². The predicted molar refractivity (Wildman–Crippen MR) is 108 cm³/mol. The van der Waals surface area contributed by atoms with Crippen LogP contribution in [0.5, 0.6) is 0 Å². The van der Waals surface area contributed by atoms with Crippen molar-refractivity contribution in [3.8, 4) is 0 Å². The van der Waals surface area contributed by atoms with Gasteiger partial charge in [-0.05, 0) is 43.4 Å². The number of aromatic nitrogens is 2. The van der Waals surface area contributed by atoms with Crippen molar-refractivity contribution in [1.29, 1.82) is 0 Å². The molecule has 5 heteroatoms. The monoisotopic (exact) mass is 363 g/mol. The number of para-hydroxylation sites is 1. The number of rotatable bonds is 9. The maximum absolute atomic E-state index is 12.0. The van der Waals surface area contributed by atoms with E-state index in [0.717, 1.165) is 19.3 Å². The SMILES string of the molecule is O=C(CCCc1nc2ccccc2c(=O)[nH]1)NCCCCc1ccccc1. The fraction of sp³-hybridized carbons (Fsp3) is 0.318. The summed E-state index contributed by atoms with van der Waals surface area (Å²) in [4.78, 5) is 31.2. The summed E-state index contributed by atoms with van der Waals surface area (Å²) in [5.74, 6) is 0.687. The van der Waals surface area contributed by atoms with Crippen LogP contribution in [0.25, 0.3) is 10.9 Å². The fourth-order valence-corrected chi connectivity index (χ4v) is 3.08. The molecule has 5 nitrogen and oxygen atoms in total. The highest BCUT2D eigenvalue weighted by molar-refractivity contribution is 5.77. The Bertz CT molecular complexity index is 935. The van der Waals surface area contributed by atoms with E-state index >= 15 is 0 Å². The first-order chi connectivity index (χ1) is 13.2. The summed E-state index contributed by atoms with van der Waals surface area (Å²) >= 11 is 0. The number of hydrogen-bond donors (Lipinski definition) is 2. The molecule has 2 N–H and O–H groups in total. The zero-order valence-corrected chi connectivity index (χ0v) is 15.4. The number of hydrogen-bond acceptors (Lipinski definition) is 3. The second-order valence-electron chi connectivity index (χ2n) is 6.68. The van der Waals surface area contributed by atoms with Crippen molar-refractivity contribution >= 4 is 16.8 Å². The van der Waals surface area contributed by atoms with Gasteiger partial charge < -0.3 is 10.3 Å². The molecule has 0 atom stereocenters. The number of amides is 1. The number of H-pyrrole nitrogens is 1. The van der Waals surface area contributed by atoms with Crippen molar-refractivity contribution in [1.82, 2.24) is 15.3 Å². The summed E-state index contributed by atoms with van der Waals surface area (Å²) in [7, 11) is 0. The number of nitrogens with zero attached hydrogens (tertiary/aromatic N) is 1. The first kappa shape index (κ1) is 18.8. The van der Waals surface area contributed by atoms with Gasteiger partial charge in [-0.1, -0.05) is 42.5 Å². The first-order valence-electron chi connectivity index (χ1n) is 9.51. The Hall–Kier alpha value is -2.95. The molecule has 0 fully saturated rings. The maximum atomic E-state index is 12.0. The molecule has 1 heterocycles. The molecule has 0 spiro atoms. The molecule has 27 heavy (non-hydrogen) atoms. The van der Waals surface area contributed by atoms with Crippen LogP contribution in [0.1, 0.15) is 37.1 Å². The van der Waals surface area contributed by atoms with E-state index in [1.54, 1.807) is 6.07 Å². The Morgan fingerprint density at radius 2 is 1.70 bits per heavy atom. The summed E-state index contributed by atoms with van der Waals surface area (Å²) in [6, 6.07) is 17.7. The van der Waals surface area contributed by atoms with Gasteiger partial charge in [0.05, 0.1) is 10.9 Å². The summed E-state index contributed by atoms with van der Waals surface area (Å²) in [6.45, 7) is 0.705. The Kier molecular flexibility index (Phi) is 6.74. The number of carbonyl (C=O) groups excluding carboxylic acids is 1. The van der Waals surface area contributed by atoms with Crippen molar-refractivity contribution < 1.29 is 4.79 Å². The maximum Gasteiger partial charge on any atom is 0.258 e. The predicted octanol–water partition coefficient (Wildman–Crippen LogP) is 3.38. The lowest BCUT2D eigenvalue weighted by Crippen LogP contribution is -2.24. The molecule has 1 amide bonds. The first-order valence-corrected chi connectivity index (χ1v) is 9.51. The molecule has 0 bridgehead atoms. The van der Waals surface area contributed by atoms with Crippen LogP contribution in [0, 0.1) is 0 Å². The average molecular weight is 363 g/mol. The van der Waals surface area contributed by atoms with Gasteiger partial charge in [-0.3, -0.25) is 9.59 Å². The topological polar surface area (TPSA) is 74.8 Å². The minimum atomic E-state index is -0.126. The zero-order chi connectivity index (χ0) is 18.9. The molecule has 1 aromatic heterocycles. The fourth-order valence-electron chi connectivity index (χ4n) is 3.08. The van der Waals surface area contributed by atoms with Crippen LogP contribution in [0.15, 0.2) is 59.4 Å². The molecule has 3 rings (SSSR count). The van der Waals surface area contributed by atoms with Crippen LogP contribution in [-0.4, -0.2) is 22.4 Å². The van der Waals surface area contributed by atoms with Gasteiger partial charge in [0.2, 0.25) is 5.91 Å². The van der Waals surface area contributed by atoms with Gasteiger partial charge in [0.25, 0.3) is 5.56 Å². The molecule has 0 aliphatic heterocycles. The number of carbonyl (C=O) groups is 1. The van der Waals surface area contributed by atoms with E-state index in [2.05, 4.69) is 39.6 Å². The van der Waals surface area contributed by atoms with Crippen molar-refractivity contribution in [2.45, 2.75) is 38.5 Å². The van der Waals surface area contributed by atoms with E-state index in [0.29, 0.717) is 42.5 Å². The molecule has 140 valence electrons. The molecule has 0 radical (unpaired) electrons. The molecule has 0 aliphatic rings. The largest absolute Gasteiger partial charge is 0.356 e. The normalized spacial score (nSPS) is 10.8. The van der Waals surface area contributed by atoms with Gasteiger partial charge >= 0.3 is 0 Å². The highest BCUT2D eigenvalue weighted by Gasteiger charge is 2.05. The smallest absolute Gasteiger partial charge is 0.258 e. The summed E-state index contributed by atoms with van der Waals surface area (Å²) in [5, 5.41) is 3.56. The highest BCUT2D eigenvalue weighted by Crippen LogP contribution is 2.07. The van der Waals surface area contributed by atoms with Gasteiger partial charge in [0.15, 0.2) is 0 Å². The summed E-state index contributed by atoms with van der Waals surface area (Å²) < 4.78 is 0. The van der Waals surface area contributed by atoms with Gasteiger partial charge in [0.1, 0.15) is 5.82 Å². The molecule has 0 saturated heterocycles. The van der Waals surface area contributed by atoms with E-state index in [-0.39, 0.29) is 11.5 Å². The van der Waals surface area contributed by atoms with Crippen LogP contribution in [-0.2, 0) is 17.6 Å². The second kappa shape index (κ2) is 9.67. The van der Waals surface area contributed by atoms with E-state index in [9.17, 15) is 9.59 Å². The molecule has 3 aromatic rings. The minimum absolute atomic E-state index is 0.0536.